The predicted octanol–water partition coefficient (Wildman–Crippen LogP) is 2.72. The molecule has 1 N–H and O–H groups in total. The topological polar surface area (TPSA) is 58.6 Å². The summed E-state index contributed by atoms with van der Waals surface area (Å²) in [4.78, 5) is 25.4. The standard InChI is InChI=1S/C18H16F2N2O3/c19-15-6-5-14(11-16(15)20)25-13-3-1-12(2-4-13)18(24)22-9-7-17(23)21-8-10-22/h1-6,11H,7-10H2,(H,21,23). The van der Waals surface area contributed by atoms with Crippen LogP contribution < -0.4 is 10.1 Å². The molecule has 1 saturated heterocycles. The first-order valence-electron chi connectivity index (χ1n) is 7.82. The van der Waals surface area contributed by atoms with Crippen molar-refractivity contribution in [3.63, 3.8) is 0 Å². The molecule has 1 heterocycles. The first-order valence-corrected chi connectivity index (χ1v) is 7.82. The third-order valence-corrected chi connectivity index (χ3v) is 3.83. The summed E-state index contributed by atoms with van der Waals surface area (Å²) >= 11 is 0. The zero-order valence-corrected chi connectivity index (χ0v) is 13.3. The van der Waals surface area contributed by atoms with Crippen LogP contribution in [0.5, 0.6) is 11.5 Å². The van der Waals surface area contributed by atoms with E-state index in [9.17, 15) is 18.4 Å². The highest BCUT2D eigenvalue weighted by molar-refractivity contribution is 5.94. The molecular weight excluding hydrogens is 330 g/mol. The second kappa shape index (κ2) is 7.29. The van der Waals surface area contributed by atoms with Gasteiger partial charge in [0.15, 0.2) is 11.6 Å². The van der Waals surface area contributed by atoms with Crippen LogP contribution in [0.15, 0.2) is 42.5 Å². The number of hydrogen-bond acceptors (Lipinski definition) is 3. The lowest BCUT2D eigenvalue weighted by molar-refractivity contribution is -0.120. The molecule has 0 saturated carbocycles. The number of rotatable bonds is 3. The number of nitrogens with one attached hydrogen (secondary N) is 1. The summed E-state index contributed by atoms with van der Waals surface area (Å²) in [7, 11) is 0. The highest BCUT2D eigenvalue weighted by Crippen LogP contribution is 2.23. The van der Waals surface area contributed by atoms with Crippen LogP contribution in [-0.4, -0.2) is 36.3 Å². The van der Waals surface area contributed by atoms with Gasteiger partial charge >= 0.3 is 0 Å². The van der Waals surface area contributed by atoms with Gasteiger partial charge in [0, 0.05) is 37.7 Å². The Bertz CT molecular complexity index is 793. The fraction of sp³-hybridized carbons (Fsp3) is 0.222. The SMILES string of the molecule is O=C1CCN(C(=O)c2ccc(Oc3ccc(F)c(F)c3)cc2)CCN1. The molecule has 5 nitrogen and oxygen atoms in total. The number of nitrogens with zero attached hydrogens (tertiary/aromatic N) is 1. The Hall–Kier alpha value is -2.96. The Kier molecular flexibility index (Phi) is 4.92. The minimum absolute atomic E-state index is 0.0643. The van der Waals surface area contributed by atoms with Crippen molar-refractivity contribution in [3.8, 4) is 11.5 Å². The molecule has 0 radical (unpaired) electrons. The Morgan fingerprint density at radius 3 is 2.44 bits per heavy atom. The number of carbonyl (C=O) groups excluding carboxylic acids is 2. The van der Waals surface area contributed by atoms with E-state index in [0.29, 0.717) is 30.9 Å². The van der Waals surface area contributed by atoms with Crippen LogP contribution in [0.3, 0.4) is 0 Å². The molecule has 7 heteroatoms. The summed E-state index contributed by atoms with van der Waals surface area (Å²) in [6.45, 7) is 1.26. The van der Waals surface area contributed by atoms with Crippen molar-refractivity contribution in [2.24, 2.45) is 0 Å². The first kappa shape index (κ1) is 16.9. The molecule has 2 aromatic carbocycles. The van der Waals surface area contributed by atoms with Gasteiger partial charge in [-0.25, -0.2) is 8.78 Å². The van der Waals surface area contributed by atoms with Gasteiger partial charge in [0.2, 0.25) is 5.91 Å². The maximum Gasteiger partial charge on any atom is 0.253 e. The van der Waals surface area contributed by atoms with Gasteiger partial charge in [0.25, 0.3) is 5.91 Å². The second-order valence-corrected chi connectivity index (χ2v) is 5.59. The largest absolute Gasteiger partial charge is 0.457 e. The Morgan fingerprint density at radius 2 is 1.72 bits per heavy atom. The normalized spacial score (nSPS) is 14.6. The van der Waals surface area contributed by atoms with E-state index in [-0.39, 0.29) is 24.0 Å². The van der Waals surface area contributed by atoms with Crippen molar-refractivity contribution in [1.82, 2.24) is 10.2 Å². The lowest BCUT2D eigenvalue weighted by Gasteiger charge is -2.19. The molecule has 2 aromatic rings. The predicted molar refractivity (Wildman–Crippen MR) is 86.4 cm³/mol. The lowest BCUT2D eigenvalue weighted by atomic mass is 10.2. The van der Waals surface area contributed by atoms with Crippen molar-refractivity contribution in [3.05, 3.63) is 59.7 Å². The fourth-order valence-corrected chi connectivity index (χ4v) is 2.49. The molecule has 0 atom stereocenters. The Morgan fingerprint density at radius 1 is 1.00 bits per heavy atom. The summed E-state index contributed by atoms with van der Waals surface area (Å²) < 4.78 is 31.5. The number of carbonyl (C=O) groups is 2. The second-order valence-electron chi connectivity index (χ2n) is 5.59. The number of amides is 2. The van der Waals surface area contributed by atoms with Crippen molar-refractivity contribution >= 4 is 11.8 Å². The van der Waals surface area contributed by atoms with Crippen LogP contribution in [-0.2, 0) is 4.79 Å². The molecule has 0 aliphatic carbocycles. The molecule has 2 amide bonds. The molecule has 1 fully saturated rings. The quantitative estimate of drug-likeness (QED) is 0.930. The Labute approximate surface area is 143 Å². The molecule has 0 unspecified atom stereocenters. The third kappa shape index (κ3) is 4.12. The van der Waals surface area contributed by atoms with Crippen LogP contribution in [0, 0.1) is 11.6 Å². The van der Waals surface area contributed by atoms with Gasteiger partial charge in [0.05, 0.1) is 0 Å². The number of hydrogen-bond donors (Lipinski definition) is 1. The van der Waals surface area contributed by atoms with Crippen molar-refractivity contribution in [2.75, 3.05) is 19.6 Å². The van der Waals surface area contributed by atoms with E-state index in [1.165, 1.54) is 6.07 Å². The molecule has 1 aliphatic rings. The van der Waals surface area contributed by atoms with Gasteiger partial charge in [-0.15, -0.1) is 0 Å². The van der Waals surface area contributed by atoms with E-state index in [1.807, 2.05) is 0 Å². The van der Waals surface area contributed by atoms with Gasteiger partial charge in [0.1, 0.15) is 11.5 Å². The van der Waals surface area contributed by atoms with Crippen LogP contribution in [0.1, 0.15) is 16.8 Å². The molecule has 130 valence electrons. The number of halogens is 2. The highest BCUT2D eigenvalue weighted by atomic mass is 19.2. The monoisotopic (exact) mass is 346 g/mol. The van der Waals surface area contributed by atoms with Gasteiger partial charge in [-0.3, -0.25) is 9.59 Å². The van der Waals surface area contributed by atoms with E-state index in [4.69, 9.17) is 4.74 Å². The van der Waals surface area contributed by atoms with E-state index in [2.05, 4.69) is 5.32 Å². The van der Waals surface area contributed by atoms with Crippen molar-refractivity contribution in [2.45, 2.75) is 6.42 Å². The average Bonchev–Trinajstić information content (AvgIpc) is 2.83. The average molecular weight is 346 g/mol. The highest BCUT2D eigenvalue weighted by Gasteiger charge is 2.19. The molecule has 0 bridgehead atoms. The van der Waals surface area contributed by atoms with E-state index in [0.717, 1.165) is 12.1 Å². The van der Waals surface area contributed by atoms with Crippen LogP contribution in [0.4, 0.5) is 8.78 Å². The first-order chi connectivity index (χ1) is 12.0. The lowest BCUT2D eigenvalue weighted by Crippen LogP contribution is -2.34. The molecule has 0 spiro atoms. The minimum Gasteiger partial charge on any atom is -0.457 e. The van der Waals surface area contributed by atoms with Gasteiger partial charge in [-0.2, -0.15) is 0 Å². The van der Waals surface area contributed by atoms with Crippen LogP contribution in [0.2, 0.25) is 0 Å². The zero-order chi connectivity index (χ0) is 17.8. The molecule has 25 heavy (non-hydrogen) atoms. The van der Waals surface area contributed by atoms with Gasteiger partial charge in [-0.05, 0) is 36.4 Å². The zero-order valence-electron chi connectivity index (χ0n) is 13.3. The third-order valence-electron chi connectivity index (χ3n) is 3.83. The van der Waals surface area contributed by atoms with E-state index < -0.39 is 11.6 Å². The maximum absolute atomic E-state index is 13.2. The summed E-state index contributed by atoms with van der Waals surface area (Å²) in [5.74, 6) is -1.61. The summed E-state index contributed by atoms with van der Waals surface area (Å²) in [5, 5.41) is 2.72. The molecule has 1 aliphatic heterocycles. The number of ether oxygens (including phenoxy) is 1. The van der Waals surface area contributed by atoms with Crippen molar-refractivity contribution in [1.29, 1.82) is 0 Å². The summed E-state index contributed by atoms with van der Waals surface area (Å²) in [6.07, 6.45) is 0.281. The minimum atomic E-state index is -0.992. The molecule has 3 rings (SSSR count). The molecule has 0 aromatic heterocycles. The van der Waals surface area contributed by atoms with Crippen LogP contribution >= 0.6 is 0 Å². The Balaban J connectivity index is 1.67. The van der Waals surface area contributed by atoms with E-state index in [1.54, 1.807) is 29.2 Å². The maximum atomic E-state index is 13.2. The molecular formula is C18H16F2N2O3. The van der Waals surface area contributed by atoms with Gasteiger partial charge in [-0.1, -0.05) is 0 Å². The smallest absolute Gasteiger partial charge is 0.253 e. The fourth-order valence-electron chi connectivity index (χ4n) is 2.49. The van der Waals surface area contributed by atoms with Gasteiger partial charge < -0.3 is 15.0 Å². The summed E-state index contributed by atoms with van der Waals surface area (Å²) in [6, 6.07) is 9.60. The summed E-state index contributed by atoms with van der Waals surface area (Å²) in [5.41, 5.74) is 0.465. The van der Waals surface area contributed by atoms with E-state index >= 15 is 0 Å². The van der Waals surface area contributed by atoms with Crippen molar-refractivity contribution < 1.29 is 23.1 Å². The van der Waals surface area contributed by atoms with Crippen LogP contribution in [0.25, 0.3) is 0 Å². The number of benzene rings is 2.